The molecule has 0 aliphatic rings. The van der Waals surface area contributed by atoms with Gasteiger partial charge in [-0.3, -0.25) is 15.0 Å². The van der Waals surface area contributed by atoms with Crippen LogP contribution in [0.3, 0.4) is 0 Å². The van der Waals surface area contributed by atoms with Crippen LogP contribution in [0.4, 0.5) is 16.3 Å². The number of carbonyl (C=O) groups is 4. The maximum Gasteiger partial charge on any atom is 0.423 e. The van der Waals surface area contributed by atoms with Crippen molar-refractivity contribution >= 4 is 41.2 Å². The SMILES string of the molecule is CCNC(=O)c1c[nH]c(C(=N)N(C(=O)OCOC(=O)C(C)O)c2cc(C(=O)Nc3ccon3)ccc2C)c1C. The summed E-state index contributed by atoms with van der Waals surface area (Å²) in [7, 11) is 0. The summed E-state index contributed by atoms with van der Waals surface area (Å²) < 4.78 is 14.5. The van der Waals surface area contributed by atoms with Crippen LogP contribution in [0.2, 0.25) is 0 Å². The van der Waals surface area contributed by atoms with Crippen LogP contribution in [-0.4, -0.2) is 64.4 Å². The Morgan fingerprint density at radius 2 is 1.92 bits per heavy atom. The predicted molar refractivity (Wildman–Crippen MR) is 138 cm³/mol. The predicted octanol–water partition coefficient (Wildman–Crippen LogP) is 2.47. The topological polar surface area (TPSA) is 200 Å². The Kier molecular flexibility index (Phi) is 9.17. The standard InChI is InChI=1S/C25H28N6O8/c1-5-27-23(34)17-11-28-20(14(17)3)21(26)31(25(36)38-12-37-24(35)15(4)32)18-10-16(7-6-13(18)2)22(33)29-19-8-9-39-30-19/h6-11,15,26,28,32H,5,12H2,1-4H3,(H,27,34)(H,29,30,33). The van der Waals surface area contributed by atoms with Gasteiger partial charge < -0.3 is 34.7 Å². The molecular weight excluding hydrogens is 512 g/mol. The largest absolute Gasteiger partial charge is 0.426 e. The Bertz CT molecular complexity index is 1380. The molecule has 0 spiro atoms. The zero-order chi connectivity index (χ0) is 28.7. The summed E-state index contributed by atoms with van der Waals surface area (Å²) >= 11 is 0. The quantitative estimate of drug-likeness (QED) is 0.117. The van der Waals surface area contributed by atoms with Crippen molar-refractivity contribution in [1.82, 2.24) is 15.5 Å². The summed E-state index contributed by atoms with van der Waals surface area (Å²) in [6.45, 7) is 5.75. The average molecular weight is 541 g/mol. The summed E-state index contributed by atoms with van der Waals surface area (Å²) in [6.07, 6.45) is 0.138. The fraction of sp³-hybridized carbons (Fsp3) is 0.280. The lowest BCUT2D eigenvalue weighted by atomic mass is 10.1. The molecule has 0 aliphatic carbocycles. The maximum atomic E-state index is 13.2. The van der Waals surface area contributed by atoms with E-state index in [4.69, 9.17) is 19.4 Å². The summed E-state index contributed by atoms with van der Waals surface area (Å²) in [5.41, 5.74) is 1.51. The van der Waals surface area contributed by atoms with Gasteiger partial charge in [0, 0.05) is 24.4 Å². The lowest BCUT2D eigenvalue weighted by molar-refractivity contribution is -0.160. The molecule has 14 heteroatoms. The first-order chi connectivity index (χ1) is 18.5. The van der Waals surface area contributed by atoms with Crippen molar-refractivity contribution in [2.75, 3.05) is 23.6 Å². The number of anilines is 2. The normalized spacial score (nSPS) is 11.3. The van der Waals surface area contributed by atoms with Gasteiger partial charge in [0.05, 0.1) is 16.9 Å². The highest BCUT2D eigenvalue weighted by molar-refractivity contribution is 6.21. The number of aryl methyl sites for hydroxylation is 1. The van der Waals surface area contributed by atoms with Gasteiger partial charge in [-0.1, -0.05) is 11.2 Å². The number of benzene rings is 1. The summed E-state index contributed by atoms with van der Waals surface area (Å²) in [5, 5.41) is 27.0. The number of aliphatic hydroxyl groups is 1. The smallest absolute Gasteiger partial charge is 0.423 e. The van der Waals surface area contributed by atoms with Crippen LogP contribution in [-0.2, 0) is 14.3 Å². The number of carbonyl (C=O) groups excluding carboxylic acids is 4. The third kappa shape index (κ3) is 6.67. The number of aromatic amines is 1. The molecule has 3 amide bonds. The lowest BCUT2D eigenvalue weighted by Gasteiger charge is -2.25. The maximum absolute atomic E-state index is 13.2. The molecule has 0 bridgehead atoms. The van der Waals surface area contributed by atoms with E-state index in [-0.39, 0.29) is 34.2 Å². The molecule has 1 aromatic carbocycles. The van der Waals surface area contributed by atoms with Crippen LogP contribution in [0, 0.1) is 19.3 Å². The van der Waals surface area contributed by atoms with Gasteiger partial charge in [0.1, 0.15) is 12.4 Å². The van der Waals surface area contributed by atoms with Gasteiger partial charge in [0.2, 0.25) is 6.79 Å². The van der Waals surface area contributed by atoms with E-state index in [9.17, 15) is 24.3 Å². The number of H-pyrrole nitrogens is 1. The van der Waals surface area contributed by atoms with E-state index in [2.05, 4.69) is 20.8 Å². The van der Waals surface area contributed by atoms with E-state index in [1.54, 1.807) is 26.8 Å². The molecule has 0 saturated heterocycles. The third-order valence-corrected chi connectivity index (χ3v) is 5.48. The van der Waals surface area contributed by atoms with Crippen LogP contribution < -0.4 is 15.5 Å². The Hall–Kier alpha value is -4.98. The highest BCUT2D eigenvalue weighted by Gasteiger charge is 2.29. The lowest BCUT2D eigenvalue weighted by Crippen LogP contribution is -2.39. The number of nitrogens with zero attached hydrogens (tertiary/aromatic N) is 2. The first kappa shape index (κ1) is 28.6. The molecule has 2 aromatic heterocycles. The summed E-state index contributed by atoms with van der Waals surface area (Å²) in [4.78, 5) is 53.7. The summed E-state index contributed by atoms with van der Waals surface area (Å²) in [5.74, 6) is -2.19. The Labute approximate surface area is 222 Å². The highest BCUT2D eigenvalue weighted by Crippen LogP contribution is 2.26. The Balaban J connectivity index is 1.99. The minimum Gasteiger partial charge on any atom is -0.426 e. The van der Waals surface area contributed by atoms with Crippen molar-refractivity contribution in [1.29, 1.82) is 5.41 Å². The second-order valence-electron chi connectivity index (χ2n) is 8.25. The number of amidine groups is 1. The highest BCUT2D eigenvalue weighted by atomic mass is 16.7. The first-order valence-corrected chi connectivity index (χ1v) is 11.7. The minimum absolute atomic E-state index is 0.105. The van der Waals surface area contributed by atoms with Crippen LogP contribution in [0.1, 0.15) is 51.4 Å². The zero-order valence-electron chi connectivity index (χ0n) is 21.7. The van der Waals surface area contributed by atoms with Crippen molar-refractivity contribution in [2.45, 2.75) is 33.8 Å². The van der Waals surface area contributed by atoms with Gasteiger partial charge in [0.15, 0.2) is 11.7 Å². The van der Waals surface area contributed by atoms with Crippen molar-refractivity contribution in [3.05, 3.63) is 64.7 Å². The van der Waals surface area contributed by atoms with Crippen LogP contribution >= 0.6 is 0 Å². The molecule has 206 valence electrons. The first-order valence-electron chi connectivity index (χ1n) is 11.7. The van der Waals surface area contributed by atoms with Crippen LogP contribution in [0.25, 0.3) is 0 Å². The molecule has 0 aliphatic heterocycles. The number of hydrogen-bond donors (Lipinski definition) is 5. The fourth-order valence-corrected chi connectivity index (χ4v) is 3.44. The van der Waals surface area contributed by atoms with Gasteiger partial charge >= 0.3 is 12.1 Å². The molecular formula is C25H28N6O8. The number of aromatic nitrogens is 2. The number of aliphatic hydroxyl groups excluding tert-OH is 1. The van der Waals surface area contributed by atoms with E-state index in [0.717, 1.165) is 4.90 Å². The second kappa shape index (κ2) is 12.5. The van der Waals surface area contributed by atoms with Crippen molar-refractivity contribution in [3.63, 3.8) is 0 Å². The molecule has 2 heterocycles. The van der Waals surface area contributed by atoms with Gasteiger partial charge in [-0.2, -0.15) is 0 Å². The molecule has 5 N–H and O–H groups in total. The molecule has 0 fully saturated rings. The zero-order valence-corrected chi connectivity index (χ0v) is 21.7. The molecule has 0 saturated carbocycles. The molecule has 1 atom stereocenters. The third-order valence-electron chi connectivity index (χ3n) is 5.48. The Morgan fingerprint density at radius 1 is 1.18 bits per heavy atom. The summed E-state index contributed by atoms with van der Waals surface area (Å²) in [6, 6.07) is 5.89. The van der Waals surface area contributed by atoms with Crippen LogP contribution in [0.15, 0.2) is 41.2 Å². The van der Waals surface area contributed by atoms with Gasteiger partial charge in [-0.25, -0.2) is 14.5 Å². The fourth-order valence-electron chi connectivity index (χ4n) is 3.44. The second-order valence-corrected chi connectivity index (χ2v) is 8.25. The molecule has 3 aromatic rings. The molecule has 3 rings (SSSR count). The number of ether oxygens (including phenoxy) is 2. The van der Waals surface area contributed by atoms with E-state index in [0.29, 0.717) is 17.7 Å². The molecule has 1 unspecified atom stereocenters. The van der Waals surface area contributed by atoms with Crippen LogP contribution in [0.5, 0.6) is 0 Å². The van der Waals surface area contributed by atoms with E-state index >= 15 is 0 Å². The Morgan fingerprint density at radius 3 is 2.56 bits per heavy atom. The molecule has 0 radical (unpaired) electrons. The van der Waals surface area contributed by atoms with Gasteiger partial charge in [0.25, 0.3) is 11.8 Å². The number of amides is 3. The average Bonchev–Trinajstić information content (AvgIpc) is 3.54. The van der Waals surface area contributed by atoms with E-state index in [1.165, 1.54) is 37.6 Å². The number of rotatable bonds is 9. The van der Waals surface area contributed by atoms with E-state index in [1.807, 2.05) is 0 Å². The van der Waals surface area contributed by atoms with Crippen molar-refractivity contribution in [3.8, 4) is 0 Å². The number of nitrogens with one attached hydrogen (secondary N) is 4. The van der Waals surface area contributed by atoms with Gasteiger partial charge in [-0.05, 0) is 51.0 Å². The molecule has 39 heavy (non-hydrogen) atoms. The van der Waals surface area contributed by atoms with Gasteiger partial charge in [-0.15, -0.1) is 0 Å². The van der Waals surface area contributed by atoms with E-state index < -0.39 is 36.7 Å². The minimum atomic E-state index is -1.44. The monoisotopic (exact) mass is 540 g/mol. The number of hydrogen-bond acceptors (Lipinski definition) is 10. The molecule has 14 nitrogen and oxygen atoms in total. The van der Waals surface area contributed by atoms with Crippen molar-refractivity contribution in [2.24, 2.45) is 0 Å². The van der Waals surface area contributed by atoms with Crippen molar-refractivity contribution < 1.29 is 38.3 Å². The number of esters is 1.